The number of ketones is 1. The van der Waals surface area contributed by atoms with Crippen LogP contribution in [0.3, 0.4) is 0 Å². The number of amides is 1. The highest BCUT2D eigenvalue weighted by Gasteiger charge is 2.26. The number of aromatic amines is 1. The van der Waals surface area contributed by atoms with Gasteiger partial charge in [0.25, 0.3) is 5.91 Å². The van der Waals surface area contributed by atoms with Gasteiger partial charge < -0.3 is 19.8 Å². The molecule has 0 saturated heterocycles. The van der Waals surface area contributed by atoms with Gasteiger partial charge in [-0.1, -0.05) is 29.8 Å². The summed E-state index contributed by atoms with van der Waals surface area (Å²) in [5.74, 6) is -2.07. The second kappa shape index (κ2) is 10.7. The molecular weight excluding hydrogens is 468 g/mol. The average molecular weight is 497 g/mol. The van der Waals surface area contributed by atoms with E-state index in [1.54, 1.807) is 20.8 Å². The minimum absolute atomic E-state index is 0.126. The van der Waals surface area contributed by atoms with Crippen LogP contribution in [0.5, 0.6) is 0 Å². The minimum Gasteiger partial charge on any atom is -0.462 e. The Morgan fingerprint density at radius 3 is 2.17 bits per heavy atom. The normalized spacial score (nSPS) is 10.7. The van der Waals surface area contributed by atoms with Gasteiger partial charge in [-0.15, -0.1) is 11.3 Å². The van der Waals surface area contributed by atoms with E-state index in [-0.39, 0.29) is 23.6 Å². The van der Waals surface area contributed by atoms with Crippen molar-refractivity contribution in [2.45, 2.75) is 41.5 Å². The molecule has 2 aromatic heterocycles. The Hall–Kier alpha value is -3.72. The first-order valence-electron chi connectivity index (χ1n) is 11.1. The first kappa shape index (κ1) is 25.9. The van der Waals surface area contributed by atoms with Gasteiger partial charge in [0.1, 0.15) is 16.3 Å². The molecule has 0 aliphatic carbocycles. The van der Waals surface area contributed by atoms with Crippen LogP contribution in [0.1, 0.15) is 66.7 Å². The highest BCUT2D eigenvalue weighted by Crippen LogP contribution is 2.40. The van der Waals surface area contributed by atoms with Crippen LogP contribution in [-0.4, -0.2) is 41.8 Å². The number of ether oxygens (including phenoxy) is 2. The van der Waals surface area contributed by atoms with Crippen LogP contribution >= 0.6 is 11.3 Å². The van der Waals surface area contributed by atoms with Gasteiger partial charge in [-0.25, -0.2) is 9.59 Å². The Morgan fingerprint density at radius 1 is 0.943 bits per heavy atom. The summed E-state index contributed by atoms with van der Waals surface area (Å²) >= 11 is 1.25. The molecule has 0 bridgehead atoms. The van der Waals surface area contributed by atoms with Gasteiger partial charge >= 0.3 is 11.9 Å². The molecule has 1 aromatic carbocycles. The number of thiophene rings is 1. The van der Waals surface area contributed by atoms with E-state index >= 15 is 0 Å². The largest absolute Gasteiger partial charge is 0.462 e. The molecule has 0 fully saturated rings. The first-order valence-corrected chi connectivity index (χ1v) is 11.9. The lowest BCUT2D eigenvalue weighted by Gasteiger charge is -2.10. The zero-order valence-corrected chi connectivity index (χ0v) is 21.4. The molecule has 184 valence electrons. The van der Waals surface area contributed by atoms with Crippen molar-refractivity contribution in [2.75, 3.05) is 18.5 Å². The first-order chi connectivity index (χ1) is 16.5. The molecule has 9 heteroatoms. The Morgan fingerprint density at radius 2 is 1.60 bits per heavy atom. The van der Waals surface area contributed by atoms with Crippen molar-refractivity contribution in [2.24, 2.45) is 0 Å². The second-order valence-corrected chi connectivity index (χ2v) is 9.35. The summed E-state index contributed by atoms with van der Waals surface area (Å²) in [5.41, 5.74) is 4.45. The molecule has 8 nitrogen and oxygen atoms in total. The van der Waals surface area contributed by atoms with Crippen molar-refractivity contribution >= 4 is 40.0 Å². The van der Waals surface area contributed by atoms with E-state index in [0.717, 1.165) is 16.0 Å². The number of hydrogen-bond donors (Lipinski definition) is 2. The van der Waals surface area contributed by atoms with E-state index in [4.69, 9.17) is 9.47 Å². The Kier molecular flexibility index (Phi) is 7.91. The third kappa shape index (κ3) is 5.51. The summed E-state index contributed by atoms with van der Waals surface area (Å²) < 4.78 is 10.4. The topological polar surface area (TPSA) is 115 Å². The molecule has 2 N–H and O–H groups in total. The number of hydrogen-bond acceptors (Lipinski definition) is 7. The van der Waals surface area contributed by atoms with Crippen LogP contribution in [0.15, 0.2) is 24.3 Å². The zero-order valence-electron chi connectivity index (χ0n) is 20.6. The van der Waals surface area contributed by atoms with Gasteiger partial charge in [0.05, 0.1) is 6.61 Å². The molecule has 0 aliphatic rings. The fourth-order valence-corrected chi connectivity index (χ4v) is 5.03. The van der Waals surface area contributed by atoms with E-state index in [0.29, 0.717) is 27.4 Å². The van der Waals surface area contributed by atoms with Crippen molar-refractivity contribution in [3.63, 3.8) is 0 Å². The third-order valence-corrected chi connectivity index (χ3v) is 6.51. The van der Waals surface area contributed by atoms with E-state index < -0.39 is 24.5 Å². The minimum atomic E-state index is -0.749. The smallest absolute Gasteiger partial charge is 0.355 e. The lowest BCUT2D eigenvalue weighted by atomic mass is 10.0. The van der Waals surface area contributed by atoms with E-state index in [1.165, 1.54) is 18.3 Å². The van der Waals surface area contributed by atoms with Gasteiger partial charge in [0.15, 0.2) is 12.4 Å². The van der Waals surface area contributed by atoms with Crippen LogP contribution in [0.4, 0.5) is 5.00 Å². The Labute approximate surface area is 207 Å². The molecule has 3 rings (SSSR count). The number of esters is 2. The molecule has 2 heterocycles. The maximum absolute atomic E-state index is 12.8. The maximum atomic E-state index is 12.8. The van der Waals surface area contributed by atoms with Crippen LogP contribution in [0.2, 0.25) is 0 Å². The molecule has 35 heavy (non-hydrogen) atoms. The fraction of sp³-hybridized carbons (Fsp3) is 0.308. The van der Waals surface area contributed by atoms with Crippen LogP contribution in [0.25, 0.3) is 11.1 Å². The summed E-state index contributed by atoms with van der Waals surface area (Å²) in [6, 6.07) is 7.72. The van der Waals surface area contributed by atoms with Gasteiger partial charge in [0, 0.05) is 21.7 Å². The van der Waals surface area contributed by atoms with Gasteiger partial charge in [-0.3, -0.25) is 9.59 Å². The van der Waals surface area contributed by atoms with Crippen molar-refractivity contribution < 1.29 is 28.7 Å². The predicted molar refractivity (Wildman–Crippen MR) is 134 cm³/mol. The molecule has 3 aromatic rings. The van der Waals surface area contributed by atoms with Crippen molar-refractivity contribution in [1.29, 1.82) is 0 Å². The fourth-order valence-electron chi connectivity index (χ4n) is 3.95. The van der Waals surface area contributed by atoms with Crippen LogP contribution in [-0.2, 0) is 14.3 Å². The van der Waals surface area contributed by atoms with Crippen LogP contribution < -0.4 is 5.32 Å². The number of rotatable bonds is 8. The second-order valence-electron chi connectivity index (χ2n) is 8.13. The predicted octanol–water partition coefficient (Wildman–Crippen LogP) is 5.15. The quantitative estimate of drug-likeness (QED) is 0.329. The summed E-state index contributed by atoms with van der Waals surface area (Å²) in [6.07, 6.45) is 0. The lowest BCUT2D eigenvalue weighted by molar-refractivity contribution is -0.119. The molecule has 1 amide bonds. The van der Waals surface area contributed by atoms with Crippen molar-refractivity contribution in [1.82, 2.24) is 4.98 Å². The Bertz CT molecular complexity index is 1300. The number of H-pyrrole nitrogens is 1. The summed E-state index contributed by atoms with van der Waals surface area (Å²) in [4.78, 5) is 53.5. The zero-order chi connectivity index (χ0) is 25.9. The van der Waals surface area contributed by atoms with Crippen molar-refractivity contribution in [3.8, 4) is 11.1 Å². The standard InChI is InChI=1S/C26H28N2O6S/c1-7-33-25(31)22-21(18-10-8-13(2)9-11-18)17(6)35-24(22)28-19(30)12-34-26(32)23-14(3)20(16(5)29)15(4)27-23/h8-11,27H,7,12H2,1-6H3,(H,28,30). The average Bonchev–Trinajstić information content (AvgIpc) is 3.27. The van der Waals surface area contributed by atoms with E-state index in [1.807, 2.05) is 38.1 Å². The van der Waals surface area contributed by atoms with Gasteiger partial charge in [-0.2, -0.15) is 0 Å². The SMILES string of the molecule is CCOC(=O)c1c(NC(=O)COC(=O)c2[nH]c(C)c(C(C)=O)c2C)sc(C)c1-c1ccc(C)cc1. The lowest BCUT2D eigenvalue weighted by Crippen LogP contribution is -2.22. The molecular formula is C26H28N2O6S. The third-order valence-electron chi connectivity index (χ3n) is 5.49. The molecule has 0 unspecified atom stereocenters. The highest BCUT2D eigenvalue weighted by atomic mass is 32.1. The van der Waals surface area contributed by atoms with Crippen molar-refractivity contribution in [3.05, 3.63) is 62.8 Å². The highest BCUT2D eigenvalue weighted by molar-refractivity contribution is 7.17. The number of aryl methyl sites for hydroxylation is 3. The molecule has 0 atom stereocenters. The number of Topliss-reactive ketones (excluding diaryl/α,β-unsaturated/α-hetero) is 1. The van der Waals surface area contributed by atoms with Crippen LogP contribution in [0, 0.1) is 27.7 Å². The summed E-state index contributed by atoms with van der Waals surface area (Å²) in [6.45, 7) is 9.91. The number of carbonyl (C=O) groups excluding carboxylic acids is 4. The molecule has 0 spiro atoms. The van der Waals surface area contributed by atoms with Gasteiger partial charge in [0.2, 0.25) is 0 Å². The Balaban J connectivity index is 1.81. The monoisotopic (exact) mass is 496 g/mol. The maximum Gasteiger partial charge on any atom is 0.355 e. The number of nitrogens with one attached hydrogen (secondary N) is 2. The number of carbonyl (C=O) groups is 4. The number of anilines is 1. The molecule has 0 radical (unpaired) electrons. The molecule has 0 aliphatic heterocycles. The van der Waals surface area contributed by atoms with E-state index in [2.05, 4.69) is 10.3 Å². The van der Waals surface area contributed by atoms with E-state index in [9.17, 15) is 19.2 Å². The molecule has 0 saturated carbocycles. The number of benzene rings is 1. The van der Waals surface area contributed by atoms with Gasteiger partial charge in [-0.05, 0) is 52.7 Å². The number of aromatic nitrogens is 1. The summed E-state index contributed by atoms with van der Waals surface area (Å²) in [5, 5.41) is 3.01. The summed E-state index contributed by atoms with van der Waals surface area (Å²) in [7, 11) is 0.